The van der Waals surface area contributed by atoms with E-state index in [-0.39, 0.29) is 23.1 Å². The molecule has 7 heteroatoms. The third-order valence-electron chi connectivity index (χ3n) is 7.80. The predicted octanol–water partition coefficient (Wildman–Crippen LogP) is 6.59. The normalized spacial score (nSPS) is 17.3. The Balaban J connectivity index is 1.50. The molecule has 6 nitrogen and oxygen atoms in total. The van der Waals surface area contributed by atoms with Gasteiger partial charge in [0, 0.05) is 23.7 Å². The van der Waals surface area contributed by atoms with Gasteiger partial charge in [-0.1, -0.05) is 81.8 Å². The van der Waals surface area contributed by atoms with Crippen LogP contribution < -0.4 is 5.32 Å². The van der Waals surface area contributed by atoms with Gasteiger partial charge in [-0.15, -0.1) is 0 Å². The van der Waals surface area contributed by atoms with Crippen LogP contribution in [0.4, 0.5) is 0 Å². The van der Waals surface area contributed by atoms with E-state index in [1.807, 2.05) is 49.1 Å². The molecule has 2 atom stereocenters. The average Bonchev–Trinajstić information content (AvgIpc) is 2.95. The zero-order valence-corrected chi connectivity index (χ0v) is 24.5. The van der Waals surface area contributed by atoms with E-state index in [0.29, 0.717) is 46.3 Å². The summed E-state index contributed by atoms with van der Waals surface area (Å²) in [5.74, 6) is -0.648. The second-order valence-corrected chi connectivity index (χ2v) is 11.9. The van der Waals surface area contributed by atoms with E-state index in [4.69, 9.17) is 16.3 Å². The highest BCUT2D eigenvalue weighted by Gasteiger charge is 2.40. The Morgan fingerprint density at radius 1 is 1.00 bits per heavy atom. The summed E-state index contributed by atoms with van der Waals surface area (Å²) in [5, 5.41) is 3.71. The van der Waals surface area contributed by atoms with Crippen molar-refractivity contribution < 1.29 is 19.1 Å². The number of nitrogens with one attached hydrogen (secondary N) is 1. The SMILES string of the molecule is COC(=O)c1ccccc1-c1cccc(C(=O)N[C@@H](C(=O)N2CCC(c3ccc(Cl)cc3)C(C)(C)C2)C(C)C)c1. The summed E-state index contributed by atoms with van der Waals surface area (Å²) in [6.45, 7) is 9.47. The van der Waals surface area contributed by atoms with Crippen molar-refractivity contribution in [1.82, 2.24) is 10.2 Å². The van der Waals surface area contributed by atoms with Gasteiger partial charge in [-0.25, -0.2) is 4.79 Å². The fourth-order valence-corrected chi connectivity index (χ4v) is 5.77. The van der Waals surface area contributed by atoms with Crippen LogP contribution in [0.15, 0.2) is 72.8 Å². The first kappa shape index (κ1) is 29.3. The number of methoxy groups -OCH3 is 1. The molecule has 2 amide bonds. The highest BCUT2D eigenvalue weighted by molar-refractivity contribution is 6.30. The van der Waals surface area contributed by atoms with E-state index in [1.165, 1.54) is 12.7 Å². The number of carbonyl (C=O) groups is 3. The molecule has 3 aromatic rings. The van der Waals surface area contributed by atoms with Crippen LogP contribution in [-0.4, -0.2) is 48.9 Å². The molecule has 210 valence electrons. The lowest BCUT2D eigenvalue weighted by Gasteiger charge is -2.45. The summed E-state index contributed by atoms with van der Waals surface area (Å²) >= 11 is 6.10. The monoisotopic (exact) mass is 560 g/mol. The molecule has 0 radical (unpaired) electrons. The number of esters is 1. The third kappa shape index (κ3) is 6.39. The number of benzene rings is 3. The van der Waals surface area contributed by atoms with E-state index < -0.39 is 12.0 Å². The van der Waals surface area contributed by atoms with Crippen LogP contribution in [0, 0.1) is 11.3 Å². The van der Waals surface area contributed by atoms with Crippen molar-refractivity contribution in [1.29, 1.82) is 0 Å². The van der Waals surface area contributed by atoms with Crippen molar-refractivity contribution in [2.45, 2.75) is 46.1 Å². The van der Waals surface area contributed by atoms with Gasteiger partial charge in [0.25, 0.3) is 5.91 Å². The fraction of sp³-hybridized carbons (Fsp3) is 0.364. The quantitative estimate of drug-likeness (QED) is 0.331. The number of rotatable bonds is 7. The van der Waals surface area contributed by atoms with Gasteiger partial charge in [-0.2, -0.15) is 0 Å². The van der Waals surface area contributed by atoms with Gasteiger partial charge < -0.3 is 15.0 Å². The number of hydrogen-bond donors (Lipinski definition) is 1. The first-order valence-corrected chi connectivity index (χ1v) is 14.0. The molecule has 1 fully saturated rings. The number of likely N-dealkylation sites (tertiary alicyclic amines) is 1. The lowest BCUT2D eigenvalue weighted by molar-refractivity contribution is -0.137. The Labute approximate surface area is 241 Å². The summed E-state index contributed by atoms with van der Waals surface area (Å²) in [6, 6.07) is 21.5. The van der Waals surface area contributed by atoms with Gasteiger partial charge in [0.2, 0.25) is 5.91 Å². The second kappa shape index (κ2) is 12.3. The van der Waals surface area contributed by atoms with E-state index in [9.17, 15) is 14.4 Å². The van der Waals surface area contributed by atoms with Crippen LogP contribution >= 0.6 is 11.6 Å². The lowest BCUT2D eigenvalue weighted by Crippen LogP contribution is -2.55. The molecule has 1 aliphatic rings. The molecule has 4 rings (SSSR count). The van der Waals surface area contributed by atoms with Gasteiger partial charge in [0.05, 0.1) is 12.7 Å². The molecule has 0 saturated carbocycles. The van der Waals surface area contributed by atoms with Crippen molar-refractivity contribution in [3.63, 3.8) is 0 Å². The maximum absolute atomic E-state index is 13.8. The van der Waals surface area contributed by atoms with Gasteiger partial charge in [0.1, 0.15) is 6.04 Å². The number of carbonyl (C=O) groups excluding carboxylic acids is 3. The highest BCUT2D eigenvalue weighted by atomic mass is 35.5. The summed E-state index contributed by atoms with van der Waals surface area (Å²) < 4.78 is 4.92. The Morgan fingerprint density at radius 2 is 1.70 bits per heavy atom. The molecule has 1 aliphatic heterocycles. The molecule has 1 N–H and O–H groups in total. The number of halogens is 1. The summed E-state index contributed by atoms with van der Waals surface area (Å²) in [4.78, 5) is 41.4. The van der Waals surface area contributed by atoms with Crippen LogP contribution in [0.3, 0.4) is 0 Å². The number of hydrogen-bond acceptors (Lipinski definition) is 4. The van der Waals surface area contributed by atoms with Crippen molar-refractivity contribution in [3.05, 3.63) is 94.5 Å². The molecule has 3 aromatic carbocycles. The van der Waals surface area contributed by atoms with Gasteiger partial charge in [-0.3, -0.25) is 9.59 Å². The Bertz CT molecular complexity index is 1380. The molecule has 0 aliphatic carbocycles. The number of piperidine rings is 1. The van der Waals surface area contributed by atoms with Crippen LogP contribution in [-0.2, 0) is 9.53 Å². The minimum atomic E-state index is -0.665. The van der Waals surface area contributed by atoms with Crippen molar-refractivity contribution in [2.75, 3.05) is 20.2 Å². The summed E-state index contributed by atoms with van der Waals surface area (Å²) in [6.07, 6.45) is 0.834. The zero-order valence-electron chi connectivity index (χ0n) is 23.7. The molecule has 0 bridgehead atoms. The first-order chi connectivity index (χ1) is 19.0. The molecule has 40 heavy (non-hydrogen) atoms. The molecular formula is C33H37ClN2O4. The van der Waals surface area contributed by atoms with Crippen LogP contribution in [0.1, 0.15) is 66.3 Å². The van der Waals surface area contributed by atoms with Crippen molar-refractivity contribution >= 4 is 29.4 Å². The third-order valence-corrected chi connectivity index (χ3v) is 8.05. The highest BCUT2D eigenvalue weighted by Crippen LogP contribution is 2.42. The van der Waals surface area contributed by atoms with Crippen LogP contribution in [0.5, 0.6) is 0 Å². The molecule has 1 heterocycles. The van der Waals surface area contributed by atoms with Crippen LogP contribution in [0.25, 0.3) is 11.1 Å². The molecular weight excluding hydrogens is 524 g/mol. The maximum Gasteiger partial charge on any atom is 0.338 e. The van der Waals surface area contributed by atoms with E-state index in [0.717, 1.165) is 6.42 Å². The Kier molecular flexibility index (Phi) is 8.99. The van der Waals surface area contributed by atoms with Crippen LogP contribution in [0.2, 0.25) is 5.02 Å². The van der Waals surface area contributed by atoms with Crippen molar-refractivity contribution in [3.8, 4) is 11.1 Å². The second-order valence-electron chi connectivity index (χ2n) is 11.5. The minimum absolute atomic E-state index is 0.0711. The number of amides is 2. The Morgan fingerprint density at radius 3 is 2.35 bits per heavy atom. The number of ether oxygens (including phenoxy) is 1. The number of nitrogens with zero attached hydrogens (tertiary/aromatic N) is 1. The Hall–Kier alpha value is -3.64. The van der Waals surface area contributed by atoms with Gasteiger partial charge in [0.15, 0.2) is 0 Å². The van der Waals surface area contributed by atoms with E-state index >= 15 is 0 Å². The lowest BCUT2D eigenvalue weighted by atomic mass is 9.70. The van der Waals surface area contributed by atoms with Gasteiger partial charge >= 0.3 is 5.97 Å². The fourth-order valence-electron chi connectivity index (χ4n) is 5.64. The largest absolute Gasteiger partial charge is 0.465 e. The minimum Gasteiger partial charge on any atom is -0.465 e. The summed E-state index contributed by atoms with van der Waals surface area (Å²) in [5.41, 5.74) is 3.30. The first-order valence-electron chi connectivity index (χ1n) is 13.6. The smallest absolute Gasteiger partial charge is 0.338 e. The topological polar surface area (TPSA) is 75.7 Å². The zero-order chi connectivity index (χ0) is 29.0. The molecule has 0 aromatic heterocycles. The van der Waals surface area contributed by atoms with E-state index in [2.05, 4.69) is 31.3 Å². The summed E-state index contributed by atoms with van der Waals surface area (Å²) in [7, 11) is 1.34. The van der Waals surface area contributed by atoms with Crippen molar-refractivity contribution in [2.24, 2.45) is 11.3 Å². The molecule has 0 spiro atoms. The standard InChI is InChI=1S/C33H37ClN2O4/c1-21(2)29(31(38)36-18-17-28(33(3,4)20-36)22-13-15-25(34)16-14-22)35-30(37)24-10-8-9-23(19-24)26-11-6-7-12-27(26)32(39)40-5/h6-16,19,21,28-29H,17-18,20H2,1-5H3,(H,35,37)/t28?,29-/m1/s1. The molecule has 1 unspecified atom stereocenters. The van der Waals surface area contributed by atoms with Gasteiger partial charge in [-0.05, 0) is 70.7 Å². The average molecular weight is 561 g/mol. The molecule has 1 saturated heterocycles. The van der Waals surface area contributed by atoms with E-state index in [1.54, 1.807) is 30.3 Å². The maximum atomic E-state index is 13.8. The predicted molar refractivity (Wildman–Crippen MR) is 158 cm³/mol.